The summed E-state index contributed by atoms with van der Waals surface area (Å²) in [7, 11) is 1.58. The topological polar surface area (TPSA) is 117 Å². The highest BCUT2D eigenvalue weighted by molar-refractivity contribution is 5.99. The van der Waals surface area contributed by atoms with E-state index >= 15 is 0 Å². The summed E-state index contributed by atoms with van der Waals surface area (Å²) < 4.78 is 0. The Balaban J connectivity index is 2.23. The maximum Gasteiger partial charge on any atom is 0.231 e. The first-order chi connectivity index (χ1) is 10.4. The van der Waals surface area contributed by atoms with Gasteiger partial charge in [-0.15, -0.1) is 0 Å². The van der Waals surface area contributed by atoms with Crippen molar-refractivity contribution in [2.24, 2.45) is 21.5 Å². The van der Waals surface area contributed by atoms with Gasteiger partial charge in [0.2, 0.25) is 5.91 Å². The van der Waals surface area contributed by atoms with Gasteiger partial charge in [-0.25, -0.2) is 4.99 Å². The molecule has 1 amide bonds. The van der Waals surface area contributed by atoms with E-state index in [-0.39, 0.29) is 24.0 Å². The number of nitrogens with zero attached hydrogens (tertiary/aromatic N) is 3. The van der Waals surface area contributed by atoms with Crippen molar-refractivity contribution in [2.75, 3.05) is 7.05 Å². The van der Waals surface area contributed by atoms with Crippen LogP contribution in [-0.4, -0.2) is 41.2 Å². The highest BCUT2D eigenvalue weighted by atomic mass is 16.3. The largest absolute Gasteiger partial charge is 0.508 e. The van der Waals surface area contributed by atoms with Crippen LogP contribution in [0, 0.1) is 6.92 Å². The normalized spacial score (nSPS) is 19.6. The molecule has 1 heterocycles. The molecule has 0 radical (unpaired) electrons. The van der Waals surface area contributed by atoms with Crippen molar-refractivity contribution >= 4 is 23.8 Å². The van der Waals surface area contributed by atoms with Crippen molar-refractivity contribution in [1.29, 1.82) is 0 Å². The molecule has 0 spiro atoms. The molecule has 116 valence electrons. The van der Waals surface area contributed by atoms with Crippen LogP contribution in [0.3, 0.4) is 0 Å². The molecule has 1 aliphatic rings. The number of benzene rings is 1. The first kappa shape index (κ1) is 15.6. The summed E-state index contributed by atoms with van der Waals surface area (Å²) in [5, 5.41) is 9.56. The van der Waals surface area contributed by atoms with Crippen LogP contribution in [0.4, 0.5) is 5.69 Å². The summed E-state index contributed by atoms with van der Waals surface area (Å²) in [5.74, 6) is 0.169. The molecule has 7 heteroatoms. The molecule has 1 aromatic carbocycles. The summed E-state index contributed by atoms with van der Waals surface area (Å²) in [5.41, 5.74) is 13.4. The van der Waals surface area contributed by atoms with Crippen molar-refractivity contribution in [2.45, 2.75) is 19.4 Å². The number of aliphatic imine (C=N–C) groups is 2. The van der Waals surface area contributed by atoms with Crippen molar-refractivity contribution in [1.82, 2.24) is 4.90 Å². The fourth-order valence-electron chi connectivity index (χ4n) is 2.12. The number of hydrogen-bond donors (Lipinski definition) is 3. The molecule has 0 bridgehead atoms. The SMILES string of the molecule is Cc1cc(O)cc(N=C/C(=C\N)C2CC(=O)N(C)C(N)=N2)c1. The van der Waals surface area contributed by atoms with E-state index in [4.69, 9.17) is 11.5 Å². The summed E-state index contributed by atoms with van der Waals surface area (Å²) >= 11 is 0. The van der Waals surface area contributed by atoms with E-state index in [0.29, 0.717) is 11.3 Å². The smallest absolute Gasteiger partial charge is 0.231 e. The standard InChI is InChI=1S/C15H19N5O2/c1-9-3-11(5-12(21)4-9)18-8-10(7-16)13-6-14(22)20(2)15(17)19-13/h3-5,7-8,13,21H,6,16H2,1-2H3,(H2,17,19)/b10-7+,18-8?. The van der Waals surface area contributed by atoms with Gasteiger partial charge in [-0.3, -0.25) is 14.7 Å². The molecule has 5 N–H and O–H groups in total. The van der Waals surface area contributed by atoms with Crippen molar-refractivity contribution in [3.8, 4) is 5.75 Å². The van der Waals surface area contributed by atoms with E-state index < -0.39 is 6.04 Å². The van der Waals surface area contributed by atoms with Crippen LogP contribution in [0.5, 0.6) is 5.75 Å². The highest BCUT2D eigenvalue weighted by Gasteiger charge is 2.26. The fraction of sp³-hybridized carbons (Fsp3) is 0.267. The molecule has 1 aromatic rings. The van der Waals surface area contributed by atoms with Gasteiger partial charge < -0.3 is 16.6 Å². The molecule has 0 saturated carbocycles. The lowest BCUT2D eigenvalue weighted by Crippen LogP contribution is -2.45. The van der Waals surface area contributed by atoms with E-state index in [9.17, 15) is 9.90 Å². The lowest BCUT2D eigenvalue weighted by molar-refractivity contribution is -0.127. The summed E-state index contributed by atoms with van der Waals surface area (Å²) in [6, 6.07) is 4.55. The van der Waals surface area contributed by atoms with Crippen LogP contribution in [0.25, 0.3) is 0 Å². The molecular weight excluding hydrogens is 282 g/mol. The zero-order chi connectivity index (χ0) is 16.3. The number of phenolic OH excluding ortho intramolecular Hbond substituents is 1. The lowest BCUT2D eigenvalue weighted by Gasteiger charge is -2.25. The third kappa shape index (κ3) is 3.43. The third-order valence-corrected chi connectivity index (χ3v) is 3.36. The van der Waals surface area contributed by atoms with Gasteiger partial charge in [-0.1, -0.05) is 0 Å². The first-order valence-corrected chi connectivity index (χ1v) is 6.77. The van der Waals surface area contributed by atoms with Crippen LogP contribution in [0.15, 0.2) is 40.0 Å². The number of aromatic hydroxyl groups is 1. The van der Waals surface area contributed by atoms with Crippen LogP contribution in [-0.2, 0) is 4.79 Å². The number of amides is 1. The molecule has 2 rings (SSSR count). The Morgan fingerprint density at radius 1 is 1.50 bits per heavy atom. The van der Waals surface area contributed by atoms with E-state index in [1.54, 1.807) is 13.1 Å². The van der Waals surface area contributed by atoms with Crippen molar-refractivity contribution in [3.63, 3.8) is 0 Å². The number of guanidine groups is 1. The Morgan fingerprint density at radius 2 is 2.23 bits per heavy atom. The predicted molar refractivity (Wildman–Crippen MR) is 86.1 cm³/mol. The van der Waals surface area contributed by atoms with Gasteiger partial charge in [0.15, 0.2) is 5.96 Å². The predicted octanol–water partition coefficient (Wildman–Crippen LogP) is 0.791. The summed E-state index contributed by atoms with van der Waals surface area (Å²) in [6.45, 7) is 1.86. The second kappa shape index (κ2) is 6.30. The quantitative estimate of drug-likeness (QED) is 0.715. The van der Waals surface area contributed by atoms with Gasteiger partial charge in [-0.05, 0) is 24.6 Å². The van der Waals surface area contributed by atoms with Gasteiger partial charge in [0, 0.05) is 31.1 Å². The Morgan fingerprint density at radius 3 is 2.82 bits per heavy atom. The van der Waals surface area contributed by atoms with Crippen molar-refractivity contribution in [3.05, 3.63) is 35.5 Å². The van der Waals surface area contributed by atoms with Crippen LogP contribution in [0.2, 0.25) is 0 Å². The Hall–Kier alpha value is -2.83. The molecular formula is C15H19N5O2. The first-order valence-electron chi connectivity index (χ1n) is 6.77. The average Bonchev–Trinajstić information content (AvgIpc) is 2.44. The second-order valence-corrected chi connectivity index (χ2v) is 5.11. The number of carbonyl (C=O) groups is 1. The van der Waals surface area contributed by atoms with Gasteiger partial charge in [0.25, 0.3) is 0 Å². The fourth-order valence-corrected chi connectivity index (χ4v) is 2.12. The van der Waals surface area contributed by atoms with E-state index in [2.05, 4.69) is 9.98 Å². The molecule has 1 unspecified atom stereocenters. The van der Waals surface area contributed by atoms with Crippen LogP contribution < -0.4 is 11.5 Å². The molecule has 7 nitrogen and oxygen atoms in total. The van der Waals surface area contributed by atoms with Gasteiger partial charge in [0.05, 0.1) is 18.2 Å². The van der Waals surface area contributed by atoms with Gasteiger partial charge in [0.1, 0.15) is 5.75 Å². The third-order valence-electron chi connectivity index (χ3n) is 3.36. The molecule has 1 atom stereocenters. The van der Waals surface area contributed by atoms with Crippen molar-refractivity contribution < 1.29 is 9.90 Å². The number of hydrogen-bond acceptors (Lipinski definition) is 6. The Kier molecular flexibility index (Phi) is 4.45. The van der Waals surface area contributed by atoms with E-state index in [1.165, 1.54) is 23.4 Å². The molecule has 0 aliphatic carbocycles. The van der Waals surface area contributed by atoms with E-state index in [0.717, 1.165) is 5.56 Å². The number of phenols is 1. The summed E-state index contributed by atoms with van der Waals surface area (Å²) in [6.07, 6.45) is 3.08. The molecule has 0 fully saturated rings. The molecule has 1 aliphatic heterocycles. The number of carbonyl (C=O) groups excluding carboxylic acids is 1. The van der Waals surface area contributed by atoms with Crippen LogP contribution in [0.1, 0.15) is 12.0 Å². The van der Waals surface area contributed by atoms with Gasteiger partial charge in [-0.2, -0.15) is 0 Å². The minimum atomic E-state index is -0.448. The monoisotopic (exact) mass is 301 g/mol. The summed E-state index contributed by atoms with van der Waals surface area (Å²) in [4.78, 5) is 21.6. The second-order valence-electron chi connectivity index (χ2n) is 5.11. The minimum Gasteiger partial charge on any atom is -0.508 e. The average molecular weight is 301 g/mol. The molecule has 0 aromatic heterocycles. The molecule has 22 heavy (non-hydrogen) atoms. The number of aryl methyl sites for hydroxylation is 1. The zero-order valence-electron chi connectivity index (χ0n) is 12.5. The minimum absolute atomic E-state index is 0.126. The Labute approximate surface area is 128 Å². The highest BCUT2D eigenvalue weighted by Crippen LogP contribution is 2.22. The molecule has 0 saturated heterocycles. The van der Waals surface area contributed by atoms with Crippen LogP contribution >= 0.6 is 0 Å². The Bertz CT molecular complexity index is 658. The number of nitrogens with two attached hydrogens (primary N) is 2. The number of rotatable bonds is 3. The van der Waals surface area contributed by atoms with Gasteiger partial charge >= 0.3 is 0 Å². The van der Waals surface area contributed by atoms with E-state index in [1.807, 2.05) is 13.0 Å². The zero-order valence-corrected chi connectivity index (χ0v) is 12.5. The lowest BCUT2D eigenvalue weighted by atomic mass is 10.0. The maximum atomic E-state index is 11.8. The maximum absolute atomic E-state index is 11.8.